The van der Waals surface area contributed by atoms with Crippen LogP contribution < -0.4 is 10.1 Å². The minimum Gasteiger partial charge on any atom is -0.482 e. The van der Waals surface area contributed by atoms with Gasteiger partial charge < -0.3 is 19.2 Å². The summed E-state index contributed by atoms with van der Waals surface area (Å²) in [5.74, 6) is 1.00. The average molecular weight is 419 g/mol. The zero-order valence-corrected chi connectivity index (χ0v) is 14.4. The van der Waals surface area contributed by atoms with Gasteiger partial charge in [-0.15, -0.1) is 0 Å². The number of esters is 1. The largest absolute Gasteiger partial charge is 0.482 e. The van der Waals surface area contributed by atoms with Crippen molar-refractivity contribution in [1.82, 2.24) is 0 Å². The fraction of sp³-hybridized carbons (Fsp3) is 0.214. The van der Waals surface area contributed by atoms with Crippen LogP contribution in [-0.4, -0.2) is 19.7 Å². The van der Waals surface area contributed by atoms with E-state index in [-0.39, 0.29) is 6.61 Å². The third-order valence-electron chi connectivity index (χ3n) is 2.60. The Morgan fingerprint density at radius 1 is 1.29 bits per heavy atom. The molecule has 0 bridgehead atoms. The quantitative estimate of drug-likeness (QED) is 0.719. The maximum atomic E-state index is 11.0. The van der Waals surface area contributed by atoms with Crippen LogP contribution in [0.25, 0.3) is 0 Å². The van der Waals surface area contributed by atoms with Gasteiger partial charge in [-0.05, 0) is 62.2 Å². The van der Waals surface area contributed by atoms with Crippen molar-refractivity contribution in [1.29, 1.82) is 0 Å². The Kier molecular flexibility index (Phi) is 5.69. The first-order valence-corrected chi connectivity index (χ1v) is 7.64. The molecule has 0 spiro atoms. The molecule has 0 amide bonds. The first kappa shape index (κ1) is 15.9. The number of hydrogen-bond acceptors (Lipinski definition) is 5. The molecular formula is C14H13Br2NO4. The van der Waals surface area contributed by atoms with E-state index < -0.39 is 5.97 Å². The number of carbonyl (C=O) groups excluding carboxylic acids is 1. The second-order valence-electron chi connectivity index (χ2n) is 4.08. The SMILES string of the molecule is COC(=O)COc1ccc(NCc2cc(Br)c(Br)o2)cc1. The molecule has 2 rings (SSSR count). The highest BCUT2D eigenvalue weighted by molar-refractivity contribution is 9.13. The number of furan rings is 1. The molecule has 1 aromatic carbocycles. The maximum Gasteiger partial charge on any atom is 0.343 e. The van der Waals surface area contributed by atoms with E-state index in [9.17, 15) is 4.79 Å². The summed E-state index contributed by atoms with van der Waals surface area (Å²) in [6.07, 6.45) is 0. The lowest BCUT2D eigenvalue weighted by molar-refractivity contribution is -0.142. The predicted octanol–water partition coefficient (Wildman–Crippen LogP) is 3.97. The van der Waals surface area contributed by atoms with Crippen molar-refractivity contribution in [2.75, 3.05) is 19.0 Å². The van der Waals surface area contributed by atoms with Crippen LogP contribution in [0.5, 0.6) is 5.75 Å². The van der Waals surface area contributed by atoms with Crippen molar-refractivity contribution in [2.24, 2.45) is 0 Å². The average Bonchev–Trinajstić information content (AvgIpc) is 2.82. The van der Waals surface area contributed by atoms with Gasteiger partial charge in [0, 0.05) is 5.69 Å². The van der Waals surface area contributed by atoms with E-state index in [1.807, 2.05) is 18.2 Å². The van der Waals surface area contributed by atoms with Crippen molar-refractivity contribution < 1.29 is 18.7 Å². The van der Waals surface area contributed by atoms with E-state index in [1.54, 1.807) is 12.1 Å². The van der Waals surface area contributed by atoms with E-state index in [0.29, 0.717) is 17.0 Å². The molecule has 112 valence electrons. The normalized spacial score (nSPS) is 10.2. The van der Waals surface area contributed by atoms with Gasteiger partial charge >= 0.3 is 5.97 Å². The second-order valence-corrected chi connectivity index (χ2v) is 5.65. The van der Waals surface area contributed by atoms with Crippen LogP contribution in [0.2, 0.25) is 0 Å². The fourth-order valence-electron chi connectivity index (χ4n) is 1.54. The third kappa shape index (κ3) is 4.78. The molecule has 0 saturated heterocycles. The topological polar surface area (TPSA) is 60.7 Å². The van der Waals surface area contributed by atoms with Crippen LogP contribution in [-0.2, 0) is 16.1 Å². The molecule has 7 heteroatoms. The molecule has 1 N–H and O–H groups in total. The third-order valence-corrected chi connectivity index (χ3v) is 4.31. The summed E-state index contributed by atoms with van der Waals surface area (Å²) in [5, 5.41) is 3.22. The van der Waals surface area contributed by atoms with Gasteiger partial charge in [0.05, 0.1) is 18.1 Å². The molecule has 5 nitrogen and oxygen atoms in total. The minimum absolute atomic E-state index is 0.0995. The van der Waals surface area contributed by atoms with E-state index in [1.165, 1.54) is 7.11 Å². The number of methoxy groups -OCH3 is 1. The monoisotopic (exact) mass is 417 g/mol. The summed E-state index contributed by atoms with van der Waals surface area (Å²) in [5.41, 5.74) is 0.920. The number of benzene rings is 1. The molecule has 1 aromatic heterocycles. The fourth-order valence-corrected chi connectivity index (χ4v) is 2.20. The van der Waals surface area contributed by atoms with Crippen LogP contribution in [0.3, 0.4) is 0 Å². The summed E-state index contributed by atoms with van der Waals surface area (Å²) < 4.78 is 16.8. The maximum absolute atomic E-state index is 11.0. The molecule has 0 unspecified atom stereocenters. The van der Waals surface area contributed by atoms with E-state index in [0.717, 1.165) is 15.9 Å². The van der Waals surface area contributed by atoms with Gasteiger partial charge in [0.2, 0.25) is 0 Å². The number of carbonyl (C=O) groups is 1. The summed E-state index contributed by atoms with van der Waals surface area (Å²) in [6, 6.07) is 9.17. The van der Waals surface area contributed by atoms with Crippen molar-refractivity contribution in [3.8, 4) is 5.75 Å². The van der Waals surface area contributed by atoms with E-state index in [2.05, 4.69) is 41.9 Å². The van der Waals surface area contributed by atoms with Gasteiger partial charge in [-0.3, -0.25) is 0 Å². The van der Waals surface area contributed by atoms with Crippen molar-refractivity contribution in [3.05, 3.63) is 45.2 Å². The first-order valence-electron chi connectivity index (χ1n) is 6.05. The molecule has 2 aromatic rings. The van der Waals surface area contributed by atoms with Crippen LogP contribution in [0.1, 0.15) is 5.76 Å². The molecule has 0 aliphatic rings. The minimum atomic E-state index is -0.411. The van der Waals surface area contributed by atoms with Gasteiger partial charge in [0.25, 0.3) is 0 Å². The van der Waals surface area contributed by atoms with E-state index in [4.69, 9.17) is 9.15 Å². The van der Waals surface area contributed by atoms with E-state index >= 15 is 0 Å². The van der Waals surface area contributed by atoms with Crippen molar-refractivity contribution >= 4 is 43.5 Å². The van der Waals surface area contributed by atoms with Gasteiger partial charge in [-0.2, -0.15) is 0 Å². The highest BCUT2D eigenvalue weighted by atomic mass is 79.9. The Morgan fingerprint density at radius 3 is 2.57 bits per heavy atom. The summed E-state index contributed by atoms with van der Waals surface area (Å²) in [7, 11) is 1.32. The lowest BCUT2D eigenvalue weighted by Gasteiger charge is -2.07. The highest BCUT2D eigenvalue weighted by Gasteiger charge is 2.06. The molecular weight excluding hydrogens is 406 g/mol. The van der Waals surface area contributed by atoms with Gasteiger partial charge in [-0.25, -0.2) is 4.79 Å². The van der Waals surface area contributed by atoms with Gasteiger partial charge in [-0.1, -0.05) is 0 Å². The number of anilines is 1. The molecule has 0 aliphatic heterocycles. The molecule has 0 aliphatic carbocycles. The van der Waals surface area contributed by atoms with Crippen molar-refractivity contribution in [2.45, 2.75) is 6.54 Å². The van der Waals surface area contributed by atoms with Crippen LogP contribution >= 0.6 is 31.9 Å². The Balaban J connectivity index is 1.86. The number of halogens is 2. The number of rotatable bonds is 6. The smallest absolute Gasteiger partial charge is 0.343 e. The molecule has 0 atom stereocenters. The lowest BCUT2D eigenvalue weighted by atomic mass is 10.3. The lowest BCUT2D eigenvalue weighted by Crippen LogP contribution is -2.12. The molecule has 21 heavy (non-hydrogen) atoms. The zero-order chi connectivity index (χ0) is 15.2. The Labute approximate surface area is 138 Å². The summed E-state index contributed by atoms with van der Waals surface area (Å²) in [6.45, 7) is 0.463. The Morgan fingerprint density at radius 2 is 2.00 bits per heavy atom. The van der Waals surface area contributed by atoms with Gasteiger partial charge in [0.15, 0.2) is 11.3 Å². The van der Waals surface area contributed by atoms with Crippen molar-refractivity contribution in [3.63, 3.8) is 0 Å². The van der Waals surface area contributed by atoms with Crippen LogP contribution in [0.15, 0.2) is 43.9 Å². The molecule has 1 heterocycles. The summed E-state index contributed by atoms with van der Waals surface area (Å²) in [4.78, 5) is 11.0. The predicted molar refractivity (Wildman–Crippen MR) is 85.4 cm³/mol. The summed E-state index contributed by atoms with van der Waals surface area (Å²) >= 11 is 6.65. The molecule has 0 saturated carbocycles. The molecule has 0 radical (unpaired) electrons. The van der Waals surface area contributed by atoms with Crippen LogP contribution in [0, 0.1) is 0 Å². The first-order chi connectivity index (χ1) is 10.1. The van der Waals surface area contributed by atoms with Crippen LogP contribution in [0.4, 0.5) is 5.69 Å². The zero-order valence-electron chi connectivity index (χ0n) is 11.2. The number of hydrogen-bond donors (Lipinski definition) is 1. The second kappa shape index (κ2) is 7.51. The Bertz CT molecular complexity index is 590. The molecule has 0 fully saturated rings. The standard InChI is InChI=1S/C14H13Br2NO4/c1-19-13(18)8-20-10-4-2-9(3-5-10)17-7-11-6-12(15)14(16)21-11/h2-6,17H,7-8H2,1H3. The number of ether oxygens (including phenoxy) is 2. The number of nitrogens with one attached hydrogen (secondary N) is 1. The highest BCUT2D eigenvalue weighted by Crippen LogP contribution is 2.27. The Hall–Kier alpha value is -1.47. The van der Waals surface area contributed by atoms with Gasteiger partial charge in [0.1, 0.15) is 11.5 Å².